The monoisotopic (exact) mass is 312 g/mol. The molecule has 1 fully saturated rings. The van der Waals surface area contributed by atoms with Gasteiger partial charge in [-0.05, 0) is 36.2 Å². The standard InChI is InChI=1S/C18H24N4O/c1-23-17-6-5-15(14-16(17)19)7-9-21-10-12-22(13-11-21)18-4-2-3-8-20-18/h2-6,8,14H,7,9-13,19H2,1H3. The fraction of sp³-hybridized carbons (Fsp3) is 0.389. The highest BCUT2D eigenvalue weighted by Gasteiger charge is 2.17. The highest BCUT2D eigenvalue weighted by atomic mass is 16.5. The molecule has 0 aliphatic carbocycles. The highest BCUT2D eigenvalue weighted by molar-refractivity contribution is 5.54. The minimum atomic E-state index is 0.713. The van der Waals surface area contributed by atoms with E-state index in [1.165, 1.54) is 5.56 Å². The number of methoxy groups -OCH3 is 1. The quantitative estimate of drug-likeness (QED) is 0.856. The van der Waals surface area contributed by atoms with Gasteiger partial charge in [-0.15, -0.1) is 0 Å². The zero-order chi connectivity index (χ0) is 16.1. The SMILES string of the molecule is COc1ccc(CCN2CCN(c3ccccn3)CC2)cc1N. The molecule has 3 rings (SSSR count). The van der Waals surface area contributed by atoms with Crippen LogP contribution in [0.25, 0.3) is 0 Å². The average molecular weight is 312 g/mol. The first-order valence-electron chi connectivity index (χ1n) is 8.07. The van der Waals surface area contributed by atoms with E-state index in [1.54, 1.807) is 7.11 Å². The van der Waals surface area contributed by atoms with Crippen molar-refractivity contribution in [2.75, 3.05) is 50.5 Å². The number of nitrogen functional groups attached to an aromatic ring is 1. The van der Waals surface area contributed by atoms with E-state index in [0.717, 1.165) is 50.7 Å². The predicted molar refractivity (Wildman–Crippen MR) is 94.0 cm³/mol. The maximum atomic E-state index is 5.97. The van der Waals surface area contributed by atoms with Crippen LogP contribution in [-0.4, -0.2) is 49.7 Å². The molecular formula is C18H24N4O. The topological polar surface area (TPSA) is 54.6 Å². The number of anilines is 2. The van der Waals surface area contributed by atoms with Gasteiger partial charge in [0.05, 0.1) is 12.8 Å². The van der Waals surface area contributed by atoms with Gasteiger partial charge in [0.1, 0.15) is 11.6 Å². The molecule has 1 aromatic carbocycles. The predicted octanol–water partition coefficient (Wildman–Crippen LogP) is 2.04. The number of nitrogens with two attached hydrogens (primary N) is 1. The minimum Gasteiger partial charge on any atom is -0.495 e. The molecule has 0 radical (unpaired) electrons. The Morgan fingerprint density at radius 2 is 1.96 bits per heavy atom. The summed E-state index contributed by atoms with van der Waals surface area (Å²) in [7, 11) is 1.65. The van der Waals surface area contributed by atoms with Crippen LogP contribution >= 0.6 is 0 Å². The number of nitrogens with zero attached hydrogens (tertiary/aromatic N) is 3. The molecule has 5 nitrogen and oxygen atoms in total. The first kappa shape index (κ1) is 15.6. The van der Waals surface area contributed by atoms with E-state index < -0.39 is 0 Å². The van der Waals surface area contributed by atoms with Gasteiger partial charge in [-0.3, -0.25) is 4.90 Å². The molecule has 23 heavy (non-hydrogen) atoms. The summed E-state index contributed by atoms with van der Waals surface area (Å²) in [4.78, 5) is 9.28. The molecule has 0 atom stereocenters. The fourth-order valence-corrected chi connectivity index (χ4v) is 2.97. The van der Waals surface area contributed by atoms with Crippen LogP contribution in [0.5, 0.6) is 5.75 Å². The van der Waals surface area contributed by atoms with Crippen molar-refractivity contribution in [3.8, 4) is 5.75 Å². The zero-order valence-electron chi connectivity index (χ0n) is 13.6. The van der Waals surface area contributed by atoms with Gasteiger partial charge in [0.2, 0.25) is 0 Å². The van der Waals surface area contributed by atoms with Gasteiger partial charge in [0.15, 0.2) is 0 Å². The molecule has 0 unspecified atom stereocenters. The van der Waals surface area contributed by atoms with Crippen LogP contribution < -0.4 is 15.4 Å². The summed E-state index contributed by atoms with van der Waals surface area (Å²) in [5.41, 5.74) is 7.94. The van der Waals surface area contributed by atoms with Crippen LogP contribution in [0.2, 0.25) is 0 Å². The summed E-state index contributed by atoms with van der Waals surface area (Å²) < 4.78 is 5.20. The Kier molecular flexibility index (Phi) is 4.98. The summed E-state index contributed by atoms with van der Waals surface area (Å²) in [6.45, 7) is 5.26. The smallest absolute Gasteiger partial charge is 0.141 e. The Morgan fingerprint density at radius 1 is 1.13 bits per heavy atom. The van der Waals surface area contributed by atoms with Gasteiger partial charge in [-0.2, -0.15) is 0 Å². The summed E-state index contributed by atoms with van der Waals surface area (Å²) in [6.07, 6.45) is 2.87. The number of aromatic nitrogens is 1. The molecule has 5 heteroatoms. The lowest BCUT2D eigenvalue weighted by Gasteiger charge is -2.35. The van der Waals surface area contributed by atoms with Crippen molar-refractivity contribution in [1.29, 1.82) is 0 Å². The van der Waals surface area contributed by atoms with Crippen LogP contribution in [-0.2, 0) is 6.42 Å². The largest absolute Gasteiger partial charge is 0.495 e. The zero-order valence-corrected chi connectivity index (χ0v) is 13.6. The third-order valence-electron chi connectivity index (χ3n) is 4.36. The molecule has 0 spiro atoms. The molecular weight excluding hydrogens is 288 g/mol. The number of piperazine rings is 1. The Bertz CT molecular complexity index is 624. The molecule has 122 valence electrons. The van der Waals surface area contributed by atoms with Crippen molar-refractivity contribution in [1.82, 2.24) is 9.88 Å². The Hall–Kier alpha value is -2.27. The number of benzene rings is 1. The number of hydrogen-bond donors (Lipinski definition) is 1. The summed E-state index contributed by atoms with van der Waals surface area (Å²) in [5.74, 6) is 1.83. The third kappa shape index (κ3) is 3.93. The summed E-state index contributed by atoms with van der Waals surface area (Å²) in [6, 6.07) is 12.1. The van der Waals surface area contributed by atoms with Crippen LogP contribution in [0.15, 0.2) is 42.6 Å². The number of hydrogen-bond acceptors (Lipinski definition) is 5. The van der Waals surface area contributed by atoms with Crippen molar-refractivity contribution in [3.05, 3.63) is 48.2 Å². The maximum Gasteiger partial charge on any atom is 0.141 e. The van der Waals surface area contributed by atoms with E-state index in [0.29, 0.717) is 5.69 Å². The second-order valence-corrected chi connectivity index (χ2v) is 5.84. The normalized spacial score (nSPS) is 15.6. The van der Waals surface area contributed by atoms with E-state index in [-0.39, 0.29) is 0 Å². The third-order valence-corrected chi connectivity index (χ3v) is 4.36. The molecule has 1 aliphatic heterocycles. The summed E-state index contributed by atoms with van der Waals surface area (Å²) in [5, 5.41) is 0. The number of ether oxygens (including phenoxy) is 1. The average Bonchev–Trinajstić information content (AvgIpc) is 2.61. The van der Waals surface area contributed by atoms with E-state index >= 15 is 0 Å². The molecule has 0 saturated carbocycles. The van der Waals surface area contributed by atoms with Gasteiger partial charge in [0.25, 0.3) is 0 Å². The van der Waals surface area contributed by atoms with Crippen LogP contribution in [0.1, 0.15) is 5.56 Å². The van der Waals surface area contributed by atoms with Crippen LogP contribution in [0, 0.1) is 0 Å². The van der Waals surface area contributed by atoms with E-state index in [2.05, 4.69) is 26.9 Å². The molecule has 0 amide bonds. The number of pyridine rings is 1. The van der Waals surface area contributed by atoms with E-state index in [9.17, 15) is 0 Å². The van der Waals surface area contributed by atoms with Crippen molar-refractivity contribution < 1.29 is 4.74 Å². The Balaban J connectivity index is 1.48. The van der Waals surface area contributed by atoms with Crippen molar-refractivity contribution >= 4 is 11.5 Å². The second kappa shape index (κ2) is 7.33. The lowest BCUT2D eigenvalue weighted by Crippen LogP contribution is -2.47. The molecule has 2 aromatic rings. The lowest BCUT2D eigenvalue weighted by atomic mass is 10.1. The van der Waals surface area contributed by atoms with Gasteiger partial charge in [-0.1, -0.05) is 12.1 Å². The fourth-order valence-electron chi connectivity index (χ4n) is 2.97. The maximum absolute atomic E-state index is 5.97. The molecule has 1 aromatic heterocycles. The van der Waals surface area contributed by atoms with Gasteiger partial charge in [0, 0.05) is 38.9 Å². The molecule has 2 N–H and O–H groups in total. The van der Waals surface area contributed by atoms with Crippen molar-refractivity contribution in [2.45, 2.75) is 6.42 Å². The first-order chi connectivity index (χ1) is 11.3. The second-order valence-electron chi connectivity index (χ2n) is 5.84. The minimum absolute atomic E-state index is 0.713. The van der Waals surface area contributed by atoms with E-state index in [1.807, 2.05) is 30.5 Å². The molecule has 1 saturated heterocycles. The lowest BCUT2D eigenvalue weighted by molar-refractivity contribution is 0.260. The first-order valence-corrected chi connectivity index (χ1v) is 8.07. The summed E-state index contributed by atoms with van der Waals surface area (Å²) >= 11 is 0. The van der Waals surface area contributed by atoms with E-state index in [4.69, 9.17) is 10.5 Å². The van der Waals surface area contributed by atoms with Gasteiger partial charge >= 0.3 is 0 Å². The van der Waals surface area contributed by atoms with Crippen molar-refractivity contribution in [2.24, 2.45) is 0 Å². The molecule has 1 aliphatic rings. The van der Waals surface area contributed by atoms with Crippen molar-refractivity contribution in [3.63, 3.8) is 0 Å². The van der Waals surface area contributed by atoms with Crippen LogP contribution in [0.3, 0.4) is 0 Å². The van der Waals surface area contributed by atoms with Crippen LogP contribution in [0.4, 0.5) is 11.5 Å². The highest BCUT2D eigenvalue weighted by Crippen LogP contribution is 2.22. The number of rotatable bonds is 5. The van der Waals surface area contributed by atoms with Gasteiger partial charge < -0.3 is 15.4 Å². The molecule has 0 bridgehead atoms. The van der Waals surface area contributed by atoms with Gasteiger partial charge in [-0.25, -0.2) is 4.98 Å². The molecule has 2 heterocycles. The Labute approximate surface area is 137 Å². The Morgan fingerprint density at radius 3 is 2.61 bits per heavy atom.